The molecule has 0 saturated heterocycles. The number of aromatic amines is 1. The summed E-state index contributed by atoms with van der Waals surface area (Å²) >= 11 is 0. The van der Waals surface area contributed by atoms with Crippen LogP contribution < -0.4 is 5.32 Å². The van der Waals surface area contributed by atoms with E-state index in [1.165, 1.54) is 10.9 Å². The Kier molecular flexibility index (Phi) is 9.20. The lowest BCUT2D eigenvalue weighted by Gasteiger charge is -2.28. The molecule has 38 heavy (non-hydrogen) atoms. The minimum Gasteiger partial charge on any atom is -0.361 e. The Bertz CT molecular complexity index is 1340. The number of aromatic nitrogens is 1. The van der Waals surface area contributed by atoms with Gasteiger partial charge in [-0.05, 0) is 55.0 Å². The minimum atomic E-state index is -0.236. The molecule has 4 aromatic rings. The molecule has 0 saturated carbocycles. The summed E-state index contributed by atoms with van der Waals surface area (Å²) in [5.74, 6) is -0.0542. The number of aryl methyl sites for hydroxylation is 2. The molecular weight excluding hydrogens is 472 g/mol. The number of nitrogens with zero attached hydrogens (tertiary/aromatic N) is 2. The van der Waals surface area contributed by atoms with Gasteiger partial charge in [-0.1, -0.05) is 80.1 Å². The Balaban J connectivity index is 1.51. The van der Waals surface area contributed by atoms with E-state index in [-0.39, 0.29) is 18.5 Å². The van der Waals surface area contributed by atoms with Gasteiger partial charge in [0, 0.05) is 42.4 Å². The largest absolute Gasteiger partial charge is 0.361 e. The van der Waals surface area contributed by atoms with Crippen LogP contribution in [0.5, 0.6) is 0 Å². The monoisotopic (exact) mass is 510 g/mol. The van der Waals surface area contributed by atoms with Crippen LogP contribution in [-0.2, 0) is 17.8 Å². The van der Waals surface area contributed by atoms with Crippen molar-refractivity contribution in [3.05, 3.63) is 101 Å². The van der Waals surface area contributed by atoms with Crippen LogP contribution in [0.2, 0.25) is 0 Å². The summed E-state index contributed by atoms with van der Waals surface area (Å²) in [5, 5.41) is 4.25. The number of carbonyl (C=O) groups excluding carboxylic acids is 2. The second kappa shape index (κ2) is 13.0. The van der Waals surface area contributed by atoms with Gasteiger partial charge in [0.25, 0.3) is 0 Å². The van der Waals surface area contributed by atoms with Gasteiger partial charge in [0.1, 0.15) is 6.54 Å². The van der Waals surface area contributed by atoms with E-state index in [0.29, 0.717) is 19.6 Å². The number of nitrogens with one attached hydrogen (secondary N) is 2. The molecule has 198 valence electrons. The summed E-state index contributed by atoms with van der Waals surface area (Å²) in [6, 6.07) is 24.0. The van der Waals surface area contributed by atoms with Crippen LogP contribution in [0, 0.1) is 13.8 Å². The Labute approximate surface area is 225 Å². The molecule has 4 rings (SSSR count). The number of benzene rings is 3. The molecule has 0 spiro atoms. The summed E-state index contributed by atoms with van der Waals surface area (Å²) in [6.07, 6.45) is 4.53. The summed E-state index contributed by atoms with van der Waals surface area (Å²) in [5.41, 5.74) is 6.17. The van der Waals surface area contributed by atoms with Crippen LogP contribution in [0.3, 0.4) is 0 Å². The summed E-state index contributed by atoms with van der Waals surface area (Å²) in [4.78, 5) is 34.0. The highest BCUT2D eigenvalue weighted by molar-refractivity contribution is 5.93. The fourth-order valence-electron chi connectivity index (χ4n) is 4.75. The van der Waals surface area contributed by atoms with E-state index >= 15 is 0 Å². The van der Waals surface area contributed by atoms with Gasteiger partial charge in [-0.3, -0.25) is 4.79 Å². The average Bonchev–Trinajstić information content (AvgIpc) is 3.34. The van der Waals surface area contributed by atoms with Crippen molar-refractivity contribution in [1.29, 1.82) is 0 Å². The Hall–Kier alpha value is -4.06. The number of rotatable bonds is 11. The van der Waals surface area contributed by atoms with Crippen molar-refractivity contribution < 1.29 is 9.59 Å². The van der Waals surface area contributed by atoms with Crippen molar-refractivity contribution in [2.75, 3.05) is 25.0 Å². The molecule has 3 amide bonds. The molecule has 0 radical (unpaired) electrons. The van der Waals surface area contributed by atoms with Crippen LogP contribution in [0.15, 0.2) is 79.0 Å². The van der Waals surface area contributed by atoms with Gasteiger partial charge in [-0.15, -0.1) is 0 Å². The van der Waals surface area contributed by atoms with E-state index in [4.69, 9.17) is 0 Å². The topological polar surface area (TPSA) is 68.4 Å². The maximum Gasteiger partial charge on any atom is 0.322 e. The molecular formula is C32H38N4O2. The summed E-state index contributed by atoms with van der Waals surface area (Å²) < 4.78 is 0. The van der Waals surface area contributed by atoms with Gasteiger partial charge in [0.2, 0.25) is 5.91 Å². The molecule has 0 aliphatic rings. The fraction of sp³-hybridized carbons (Fsp3) is 0.312. The zero-order chi connectivity index (χ0) is 26.9. The first-order chi connectivity index (χ1) is 18.5. The number of anilines is 1. The van der Waals surface area contributed by atoms with Crippen LogP contribution >= 0.6 is 0 Å². The SMILES string of the molecule is CCCCN(CC(=O)N(CCc1c[nH]c2ccccc12)Cc1ccccc1)C(=O)Nc1c(C)cccc1C. The number of amides is 3. The standard InChI is InChI=1S/C32H38N4O2/c1-4-5-19-36(32(38)34-31-24(2)12-11-13-25(31)3)23-30(37)35(22-26-14-7-6-8-15-26)20-18-27-21-33-29-17-10-9-16-28(27)29/h6-17,21,33H,4-5,18-20,22-23H2,1-3H3,(H,34,38). The predicted octanol–water partition coefficient (Wildman–Crippen LogP) is 6.69. The number of hydrogen-bond acceptors (Lipinski definition) is 2. The minimum absolute atomic E-state index is 0.0392. The van der Waals surface area contributed by atoms with Crippen molar-refractivity contribution in [3.63, 3.8) is 0 Å². The predicted molar refractivity (Wildman–Crippen MR) is 155 cm³/mol. The van der Waals surface area contributed by atoms with Crippen LogP contribution in [-0.4, -0.2) is 46.4 Å². The molecule has 0 aliphatic carbocycles. The third-order valence-corrected chi connectivity index (χ3v) is 7.00. The van der Waals surface area contributed by atoms with E-state index in [1.807, 2.05) is 85.6 Å². The molecule has 6 nitrogen and oxygen atoms in total. The maximum atomic E-state index is 13.7. The molecule has 0 atom stereocenters. The average molecular weight is 511 g/mol. The number of fused-ring (bicyclic) bond motifs is 1. The van der Waals surface area contributed by atoms with Crippen molar-refractivity contribution in [1.82, 2.24) is 14.8 Å². The molecule has 1 heterocycles. The highest BCUT2D eigenvalue weighted by Gasteiger charge is 2.22. The van der Waals surface area contributed by atoms with Crippen LogP contribution in [0.4, 0.5) is 10.5 Å². The van der Waals surface area contributed by atoms with E-state index in [2.05, 4.69) is 29.4 Å². The first kappa shape index (κ1) is 27.0. The summed E-state index contributed by atoms with van der Waals surface area (Å²) in [7, 11) is 0. The quantitative estimate of drug-likeness (QED) is 0.236. The maximum absolute atomic E-state index is 13.7. The third-order valence-electron chi connectivity index (χ3n) is 7.00. The highest BCUT2D eigenvalue weighted by atomic mass is 16.2. The number of unbranched alkanes of at least 4 members (excludes halogenated alkanes) is 1. The van der Waals surface area contributed by atoms with Gasteiger partial charge in [0.15, 0.2) is 0 Å². The van der Waals surface area contributed by atoms with E-state index in [1.54, 1.807) is 4.90 Å². The number of carbonyl (C=O) groups is 2. The smallest absolute Gasteiger partial charge is 0.322 e. The van der Waals surface area contributed by atoms with Crippen LogP contribution in [0.25, 0.3) is 10.9 Å². The van der Waals surface area contributed by atoms with E-state index < -0.39 is 0 Å². The van der Waals surface area contributed by atoms with Gasteiger partial charge in [0.05, 0.1) is 0 Å². The normalized spacial score (nSPS) is 10.9. The van der Waals surface area contributed by atoms with E-state index in [0.717, 1.165) is 47.2 Å². The van der Waals surface area contributed by atoms with Gasteiger partial charge < -0.3 is 20.1 Å². The van der Waals surface area contributed by atoms with E-state index in [9.17, 15) is 9.59 Å². The molecule has 0 aliphatic heterocycles. The number of urea groups is 1. The lowest BCUT2D eigenvalue weighted by molar-refractivity contribution is -0.132. The molecule has 6 heteroatoms. The van der Waals surface area contributed by atoms with Crippen molar-refractivity contribution in [2.24, 2.45) is 0 Å². The molecule has 0 bridgehead atoms. The zero-order valence-corrected chi connectivity index (χ0v) is 22.7. The summed E-state index contributed by atoms with van der Waals surface area (Å²) in [6.45, 7) is 7.69. The lowest BCUT2D eigenvalue weighted by Crippen LogP contribution is -2.45. The van der Waals surface area contributed by atoms with Gasteiger partial charge in [-0.25, -0.2) is 4.79 Å². The molecule has 1 aromatic heterocycles. The molecule has 0 unspecified atom stereocenters. The highest BCUT2D eigenvalue weighted by Crippen LogP contribution is 2.21. The Morgan fingerprint density at radius 3 is 2.29 bits per heavy atom. The first-order valence-corrected chi connectivity index (χ1v) is 13.4. The molecule has 3 aromatic carbocycles. The van der Waals surface area contributed by atoms with Crippen molar-refractivity contribution in [3.8, 4) is 0 Å². The molecule has 2 N–H and O–H groups in total. The lowest BCUT2D eigenvalue weighted by atomic mass is 10.1. The fourth-order valence-corrected chi connectivity index (χ4v) is 4.75. The molecule has 0 fully saturated rings. The number of para-hydroxylation sites is 2. The second-order valence-corrected chi connectivity index (χ2v) is 9.88. The number of hydrogen-bond donors (Lipinski definition) is 2. The van der Waals surface area contributed by atoms with Crippen molar-refractivity contribution >= 4 is 28.5 Å². The second-order valence-electron chi connectivity index (χ2n) is 9.88. The Morgan fingerprint density at radius 2 is 1.55 bits per heavy atom. The van der Waals surface area contributed by atoms with Gasteiger partial charge >= 0.3 is 6.03 Å². The zero-order valence-electron chi connectivity index (χ0n) is 22.7. The van der Waals surface area contributed by atoms with Crippen LogP contribution in [0.1, 0.15) is 42.0 Å². The van der Waals surface area contributed by atoms with Crippen molar-refractivity contribution in [2.45, 2.75) is 46.6 Å². The first-order valence-electron chi connectivity index (χ1n) is 13.4. The number of H-pyrrole nitrogens is 1. The van der Waals surface area contributed by atoms with Gasteiger partial charge in [-0.2, -0.15) is 0 Å². The Morgan fingerprint density at radius 1 is 0.842 bits per heavy atom. The third kappa shape index (κ3) is 6.82.